The zero-order chi connectivity index (χ0) is 30.7. The molecule has 14 heteroatoms. The number of nitriles is 1. The predicted octanol–water partition coefficient (Wildman–Crippen LogP) is 3.36. The van der Waals surface area contributed by atoms with E-state index in [-0.39, 0.29) is 41.0 Å². The van der Waals surface area contributed by atoms with Gasteiger partial charge in [-0.1, -0.05) is 0 Å². The first-order valence-electron chi connectivity index (χ1n) is 13.0. The minimum atomic E-state index is -4.87. The first-order chi connectivity index (χ1) is 19.6. The van der Waals surface area contributed by atoms with Crippen LogP contribution >= 0.6 is 12.2 Å². The fraction of sp³-hybridized carbons (Fsp3) is 0.393. The molecule has 2 aromatic rings. The average Bonchev–Trinajstić information content (AvgIpc) is 3.30. The summed E-state index contributed by atoms with van der Waals surface area (Å²) in [6.07, 6.45) is -4.87. The third-order valence-electron chi connectivity index (χ3n) is 7.83. The molecule has 5 rings (SSSR count). The number of benzene rings is 2. The van der Waals surface area contributed by atoms with Crippen molar-refractivity contribution in [1.29, 1.82) is 5.26 Å². The van der Waals surface area contributed by atoms with Crippen LogP contribution in [0, 0.1) is 17.1 Å². The van der Waals surface area contributed by atoms with Crippen LogP contribution in [0.4, 0.5) is 28.9 Å². The molecular formula is C28H26F4N6O3S. The third-order valence-corrected chi connectivity index (χ3v) is 8.19. The zero-order valence-corrected chi connectivity index (χ0v) is 23.8. The zero-order valence-electron chi connectivity index (χ0n) is 23.0. The number of thiocarbonyl (C=S) groups is 1. The van der Waals surface area contributed by atoms with E-state index < -0.39 is 40.5 Å². The molecule has 0 atom stereocenters. The lowest BCUT2D eigenvalue weighted by atomic mass is 10.0. The highest BCUT2D eigenvalue weighted by atomic mass is 32.1. The van der Waals surface area contributed by atoms with E-state index in [0.717, 1.165) is 41.1 Å². The molecule has 0 saturated carbocycles. The van der Waals surface area contributed by atoms with Gasteiger partial charge in [-0.25, -0.2) is 4.39 Å². The molecule has 2 saturated heterocycles. The number of rotatable bonds is 4. The molecule has 0 aliphatic carbocycles. The summed E-state index contributed by atoms with van der Waals surface area (Å²) < 4.78 is 56.5. The second kappa shape index (κ2) is 10.3. The van der Waals surface area contributed by atoms with Gasteiger partial charge in [0.2, 0.25) is 5.91 Å². The standard InChI is InChI=1S/C28H26F4N6O3S/c1-27(2)25(41)37(18-5-4-16(13-33)20(11-18)28(30,31)32)26(42)38(27)22-12-19-17(10-21(22)29)14-36(24(19)40)15-23(39)35-8-6-34(3)7-9-35/h4-5,10-12H,6-9,14-15H2,1-3H3. The highest BCUT2D eigenvalue weighted by molar-refractivity contribution is 7.81. The van der Waals surface area contributed by atoms with Gasteiger partial charge in [-0.2, -0.15) is 18.4 Å². The number of likely N-dealkylation sites (N-methyl/N-ethyl adjacent to an activating group) is 1. The smallest absolute Gasteiger partial charge is 0.339 e. The van der Waals surface area contributed by atoms with Crippen LogP contribution in [0.15, 0.2) is 30.3 Å². The fourth-order valence-corrected chi connectivity index (χ4v) is 5.94. The van der Waals surface area contributed by atoms with Crippen molar-refractivity contribution < 1.29 is 31.9 Å². The van der Waals surface area contributed by atoms with Gasteiger partial charge in [0, 0.05) is 38.3 Å². The number of hydrogen-bond acceptors (Lipinski definition) is 6. The van der Waals surface area contributed by atoms with Crippen molar-refractivity contribution in [1.82, 2.24) is 14.7 Å². The molecule has 2 aromatic carbocycles. The van der Waals surface area contributed by atoms with Crippen molar-refractivity contribution in [3.8, 4) is 6.07 Å². The number of hydrogen-bond donors (Lipinski definition) is 0. The quantitative estimate of drug-likeness (QED) is 0.392. The van der Waals surface area contributed by atoms with Crippen LogP contribution in [0.3, 0.4) is 0 Å². The van der Waals surface area contributed by atoms with Gasteiger partial charge in [0.25, 0.3) is 11.8 Å². The summed E-state index contributed by atoms with van der Waals surface area (Å²) in [5.74, 6) is -2.22. The van der Waals surface area contributed by atoms with Gasteiger partial charge in [0.15, 0.2) is 5.11 Å². The molecular weight excluding hydrogens is 576 g/mol. The van der Waals surface area contributed by atoms with Crippen LogP contribution < -0.4 is 9.80 Å². The Labute approximate surface area is 244 Å². The van der Waals surface area contributed by atoms with Gasteiger partial charge in [-0.15, -0.1) is 0 Å². The monoisotopic (exact) mass is 602 g/mol. The van der Waals surface area contributed by atoms with Crippen LogP contribution in [-0.4, -0.2) is 82.8 Å². The lowest BCUT2D eigenvalue weighted by Crippen LogP contribution is -2.50. The normalized spacial score (nSPS) is 19.0. The Morgan fingerprint density at radius 1 is 1.10 bits per heavy atom. The number of carbonyl (C=O) groups excluding carboxylic acids is 3. The number of alkyl halides is 3. The maximum absolute atomic E-state index is 15.6. The van der Waals surface area contributed by atoms with Gasteiger partial charge in [0.1, 0.15) is 17.9 Å². The Balaban J connectivity index is 1.44. The van der Waals surface area contributed by atoms with Gasteiger partial charge >= 0.3 is 6.18 Å². The number of fused-ring (bicyclic) bond motifs is 1. The summed E-state index contributed by atoms with van der Waals surface area (Å²) in [6.45, 7) is 5.24. The van der Waals surface area contributed by atoms with Crippen molar-refractivity contribution in [2.24, 2.45) is 0 Å². The summed E-state index contributed by atoms with van der Waals surface area (Å²) in [4.78, 5) is 46.8. The maximum atomic E-state index is 15.6. The minimum Gasteiger partial charge on any atom is -0.339 e. The van der Waals surface area contributed by atoms with Gasteiger partial charge in [-0.3, -0.25) is 19.3 Å². The molecule has 0 bridgehead atoms. The predicted molar refractivity (Wildman–Crippen MR) is 148 cm³/mol. The Morgan fingerprint density at radius 2 is 1.76 bits per heavy atom. The summed E-state index contributed by atoms with van der Waals surface area (Å²) in [7, 11) is 1.96. The lowest BCUT2D eigenvalue weighted by molar-refractivity contribution is -0.138. The van der Waals surface area contributed by atoms with E-state index >= 15 is 4.39 Å². The Hall–Kier alpha value is -4.09. The van der Waals surface area contributed by atoms with E-state index in [1.54, 1.807) is 4.90 Å². The summed E-state index contributed by atoms with van der Waals surface area (Å²) in [5.41, 5.74) is -3.35. The SMILES string of the molecule is CN1CCN(C(=O)CN2Cc3cc(F)c(N4C(=S)N(c5ccc(C#N)c(C(F)(F)F)c5)C(=O)C4(C)C)cc3C2=O)CC1. The number of piperazine rings is 1. The van der Waals surface area contributed by atoms with E-state index in [9.17, 15) is 27.6 Å². The fourth-order valence-electron chi connectivity index (χ4n) is 5.43. The third kappa shape index (κ3) is 4.86. The Morgan fingerprint density at radius 3 is 2.38 bits per heavy atom. The van der Waals surface area contributed by atoms with E-state index in [1.807, 2.05) is 7.05 Å². The van der Waals surface area contributed by atoms with Crippen LogP contribution in [0.1, 0.15) is 40.9 Å². The molecule has 220 valence electrons. The molecule has 3 aliphatic heterocycles. The Bertz CT molecular complexity index is 1560. The first-order valence-corrected chi connectivity index (χ1v) is 13.4. The molecule has 9 nitrogen and oxygen atoms in total. The second-order valence-corrected chi connectivity index (χ2v) is 11.3. The molecule has 0 unspecified atom stereocenters. The molecule has 3 heterocycles. The molecule has 0 N–H and O–H groups in total. The van der Waals surface area contributed by atoms with Crippen molar-refractivity contribution in [2.75, 3.05) is 49.6 Å². The maximum Gasteiger partial charge on any atom is 0.417 e. The van der Waals surface area contributed by atoms with E-state index in [4.69, 9.17) is 17.5 Å². The van der Waals surface area contributed by atoms with Gasteiger partial charge in [-0.05, 0) is 69.0 Å². The van der Waals surface area contributed by atoms with Crippen LogP contribution in [0.2, 0.25) is 0 Å². The van der Waals surface area contributed by atoms with Gasteiger partial charge in [0.05, 0.1) is 28.6 Å². The van der Waals surface area contributed by atoms with Crippen molar-refractivity contribution >= 4 is 46.4 Å². The number of amides is 3. The minimum absolute atomic E-state index is 0.0230. The van der Waals surface area contributed by atoms with Crippen LogP contribution in [-0.2, 0) is 22.3 Å². The summed E-state index contributed by atoms with van der Waals surface area (Å²) in [5, 5.41) is 8.83. The lowest BCUT2D eigenvalue weighted by Gasteiger charge is -2.33. The van der Waals surface area contributed by atoms with Crippen LogP contribution in [0.25, 0.3) is 0 Å². The summed E-state index contributed by atoms with van der Waals surface area (Å²) >= 11 is 5.50. The topological polar surface area (TPSA) is 91.2 Å². The molecule has 0 spiro atoms. The largest absolute Gasteiger partial charge is 0.417 e. The number of nitrogens with zero attached hydrogens (tertiary/aromatic N) is 6. The van der Waals surface area contributed by atoms with E-state index in [2.05, 4.69) is 4.90 Å². The van der Waals surface area contributed by atoms with Crippen molar-refractivity contribution in [2.45, 2.75) is 32.1 Å². The Kier molecular flexibility index (Phi) is 7.23. The molecule has 2 fully saturated rings. The molecule has 0 aromatic heterocycles. The van der Waals surface area contributed by atoms with Crippen molar-refractivity contribution in [3.05, 3.63) is 58.4 Å². The molecule has 0 radical (unpaired) electrons. The summed E-state index contributed by atoms with van der Waals surface area (Å²) in [6, 6.07) is 6.66. The number of carbonyl (C=O) groups is 3. The molecule has 3 aliphatic rings. The van der Waals surface area contributed by atoms with E-state index in [0.29, 0.717) is 24.7 Å². The van der Waals surface area contributed by atoms with Gasteiger partial charge < -0.3 is 19.6 Å². The second-order valence-electron chi connectivity index (χ2n) is 11.0. The average molecular weight is 603 g/mol. The number of anilines is 2. The highest BCUT2D eigenvalue weighted by Gasteiger charge is 2.52. The van der Waals surface area contributed by atoms with E-state index in [1.165, 1.54) is 30.9 Å². The molecule has 3 amide bonds. The molecule has 42 heavy (non-hydrogen) atoms. The first kappa shape index (κ1) is 29.4. The van der Waals surface area contributed by atoms with Crippen molar-refractivity contribution in [3.63, 3.8) is 0 Å². The highest BCUT2D eigenvalue weighted by Crippen LogP contribution is 2.41. The van der Waals surface area contributed by atoms with Crippen LogP contribution in [0.5, 0.6) is 0 Å². The number of halogens is 4.